The van der Waals surface area contributed by atoms with Crippen LogP contribution in [0.25, 0.3) is 0 Å². The van der Waals surface area contributed by atoms with E-state index in [0.29, 0.717) is 5.92 Å². The third kappa shape index (κ3) is 3.99. The highest BCUT2D eigenvalue weighted by Gasteiger charge is 2.30. The van der Waals surface area contributed by atoms with Gasteiger partial charge >= 0.3 is 0 Å². The number of carbonyl (C=O) groups is 1. The summed E-state index contributed by atoms with van der Waals surface area (Å²) in [5.74, 6) is 1.75. The number of para-hydroxylation sites is 1. The Hall–Kier alpha value is -1.51. The Balaban J connectivity index is 1.76. The SMILES string of the molecule is CC(C)(C)C(=O)N1CCC(COc2ccccc2)CC1. The predicted octanol–water partition coefficient (Wildman–Crippen LogP) is 3.35. The van der Waals surface area contributed by atoms with Crippen molar-refractivity contribution in [1.82, 2.24) is 4.90 Å². The van der Waals surface area contributed by atoms with Gasteiger partial charge in [0.1, 0.15) is 5.75 Å². The molecule has 0 spiro atoms. The zero-order valence-electron chi connectivity index (χ0n) is 12.8. The zero-order valence-corrected chi connectivity index (χ0v) is 12.8. The lowest BCUT2D eigenvalue weighted by molar-refractivity contribution is -0.141. The van der Waals surface area contributed by atoms with E-state index in [1.165, 1.54) is 0 Å². The Morgan fingerprint density at radius 3 is 2.35 bits per heavy atom. The summed E-state index contributed by atoms with van der Waals surface area (Å²) in [6.45, 7) is 8.43. The van der Waals surface area contributed by atoms with Gasteiger partial charge in [0.2, 0.25) is 5.91 Å². The molecule has 1 heterocycles. The van der Waals surface area contributed by atoms with Gasteiger partial charge in [0.15, 0.2) is 0 Å². The number of piperidine rings is 1. The molecule has 1 saturated heterocycles. The molecule has 3 nitrogen and oxygen atoms in total. The van der Waals surface area contributed by atoms with E-state index in [1.54, 1.807) is 0 Å². The number of amides is 1. The Kier molecular flexibility index (Phi) is 4.69. The smallest absolute Gasteiger partial charge is 0.227 e. The average Bonchev–Trinajstić information content (AvgIpc) is 2.45. The van der Waals surface area contributed by atoms with Crippen molar-refractivity contribution in [2.24, 2.45) is 11.3 Å². The quantitative estimate of drug-likeness (QED) is 0.846. The third-order valence-corrected chi connectivity index (χ3v) is 3.77. The third-order valence-electron chi connectivity index (χ3n) is 3.77. The highest BCUT2D eigenvalue weighted by atomic mass is 16.5. The normalized spacial score (nSPS) is 17.1. The van der Waals surface area contributed by atoms with Crippen molar-refractivity contribution < 1.29 is 9.53 Å². The standard InChI is InChI=1S/C17H25NO2/c1-17(2,3)16(19)18-11-9-14(10-12-18)13-20-15-7-5-4-6-8-15/h4-8,14H,9-13H2,1-3H3. The van der Waals surface area contributed by atoms with Crippen molar-refractivity contribution in [1.29, 1.82) is 0 Å². The first-order valence-corrected chi connectivity index (χ1v) is 7.44. The van der Waals surface area contributed by atoms with E-state index < -0.39 is 0 Å². The molecule has 3 heteroatoms. The van der Waals surface area contributed by atoms with Crippen molar-refractivity contribution >= 4 is 5.91 Å². The molecule has 1 aliphatic heterocycles. The van der Waals surface area contributed by atoms with E-state index in [2.05, 4.69) is 0 Å². The van der Waals surface area contributed by atoms with Crippen LogP contribution in [0.1, 0.15) is 33.6 Å². The largest absolute Gasteiger partial charge is 0.493 e. The molecule has 1 amide bonds. The van der Waals surface area contributed by atoms with Crippen LogP contribution in [0.2, 0.25) is 0 Å². The number of ether oxygens (including phenoxy) is 1. The lowest BCUT2D eigenvalue weighted by Gasteiger charge is -2.35. The second-order valence-corrected chi connectivity index (χ2v) is 6.61. The van der Waals surface area contributed by atoms with Crippen molar-refractivity contribution in [3.63, 3.8) is 0 Å². The van der Waals surface area contributed by atoms with Gasteiger partial charge in [0.25, 0.3) is 0 Å². The Morgan fingerprint density at radius 1 is 1.20 bits per heavy atom. The fourth-order valence-electron chi connectivity index (χ4n) is 2.51. The molecular weight excluding hydrogens is 250 g/mol. The summed E-state index contributed by atoms with van der Waals surface area (Å²) in [6, 6.07) is 9.93. The molecule has 110 valence electrons. The number of carbonyl (C=O) groups excluding carboxylic acids is 1. The maximum atomic E-state index is 12.2. The number of hydrogen-bond donors (Lipinski definition) is 0. The van der Waals surface area contributed by atoms with E-state index in [1.807, 2.05) is 56.0 Å². The molecule has 1 aromatic rings. The molecule has 0 aliphatic carbocycles. The first-order chi connectivity index (χ1) is 9.47. The van der Waals surface area contributed by atoms with E-state index in [4.69, 9.17) is 4.74 Å². The molecule has 0 aromatic heterocycles. The summed E-state index contributed by atoms with van der Waals surface area (Å²) in [7, 11) is 0. The topological polar surface area (TPSA) is 29.5 Å². The van der Waals surface area contributed by atoms with E-state index in [-0.39, 0.29) is 11.3 Å². The fraction of sp³-hybridized carbons (Fsp3) is 0.588. The van der Waals surface area contributed by atoms with Crippen molar-refractivity contribution in [3.8, 4) is 5.75 Å². The fourth-order valence-corrected chi connectivity index (χ4v) is 2.51. The minimum absolute atomic E-state index is 0.264. The summed E-state index contributed by atoms with van der Waals surface area (Å²) in [4.78, 5) is 14.2. The summed E-state index contributed by atoms with van der Waals surface area (Å²) in [5.41, 5.74) is -0.270. The number of hydrogen-bond acceptors (Lipinski definition) is 2. The highest BCUT2D eigenvalue weighted by Crippen LogP contribution is 2.24. The zero-order chi connectivity index (χ0) is 14.6. The van der Waals surface area contributed by atoms with Crippen LogP contribution in [-0.4, -0.2) is 30.5 Å². The summed E-state index contributed by atoms with van der Waals surface area (Å²) < 4.78 is 5.81. The number of benzene rings is 1. The molecule has 0 bridgehead atoms. The number of nitrogens with zero attached hydrogens (tertiary/aromatic N) is 1. The van der Waals surface area contributed by atoms with Gasteiger partial charge in [-0.1, -0.05) is 39.0 Å². The number of likely N-dealkylation sites (tertiary alicyclic amines) is 1. The highest BCUT2D eigenvalue weighted by molar-refractivity contribution is 5.81. The molecule has 0 saturated carbocycles. The maximum Gasteiger partial charge on any atom is 0.227 e. The predicted molar refractivity (Wildman–Crippen MR) is 80.7 cm³/mol. The second-order valence-electron chi connectivity index (χ2n) is 6.61. The van der Waals surface area contributed by atoms with Crippen LogP contribution < -0.4 is 4.74 Å². The van der Waals surface area contributed by atoms with Gasteiger partial charge in [-0.15, -0.1) is 0 Å². The van der Waals surface area contributed by atoms with Gasteiger partial charge in [-0.3, -0.25) is 4.79 Å². The lowest BCUT2D eigenvalue weighted by atomic mass is 9.91. The molecule has 0 unspecified atom stereocenters. The van der Waals surface area contributed by atoms with Gasteiger partial charge in [-0.05, 0) is 30.9 Å². The molecule has 1 aliphatic rings. The Labute approximate surface area is 121 Å². The molecule has 20 heavy (non-hydrogen) atoms. The molecule has 0 radical (unpaired) electrons. The van der Waals surface area contributed by atoms with E-state index in [0.717, 1.165) is 38.3 Å². The van der Waals surface area contributed by atoms with E-state index >= 15 is 0 Å². The van der Waals surface area contributed by atoms with Crippen molar-refractivity contribution in [2.45, 2.75) is 33.6 Å². The lowest BCUT2D eigenvalue weighted by Crippen LogP contribution is -2.44. The average molecular weight is 275 g/mol. The molecule has 0 N–H and O–H groups in total. The molecule has 1 aromatic carbocycles. The van der Waals surface area contributed by atoms with Crippen LogP contribution in [0.5, 0.6) is 5.75 Å². The van der Waals surface area contributed by atoms with Crippen molar-refractivity contribution in [3.05, 3.63) is 30.3 Å². The number of rotatable bonds is 3. The minimum atomic E-state index is -0.270. The maximum absolute atomic E-state index is 12.2. The molecule has 1 fully saturated rings. The van der Waals surface area contributed by atoms with Crippen molar-refractivity contribution in [2.75, 3.05) is 19.7 Å². The summed E-state index contributed by atoms with van der Waals surface area (Å²) in [6.07, 6.45) is 2.07. The summed E-state index contributed by atoms with van der Waals surface area (Å²) in [5, 5.41) is 0. The monoisotopic (exact) mass is 275 g/mol. The van der Waals surface area contributed by atoms with Gasteiger partial charge in [0, 0.05) is 18.5 Å². The van der Waals surface area contributed by atoms with Gasteiger partial charge in [0.05, 0.1) is 6.61 Å². The van der Waals surface area contributed by atoms with Crippen LogP contribution in [0, 0.1) is 11.3 Å². The molecule has 0 atom stereocenters. The Bertz CT molecular complexity index is 428. The summed E-state index contributed by atoms with van der Waals surface area (Å²) >= 11 is 0. The van der Waals surface area contributed by atoms with E-state index in [9.17, 15) is 4.79 Å². The van der Waals surface area contributed by atoms with Crippen LogP contribution >= 0.6 is 0 Å². The van der Waals surface area contributed by atoms with Crippen LogP contribution in [0.15, 0.2) is 30.3 Å². The van der Waals surface area contributed by atoms with Gasteiger partial charge < -0.3 is 9.64 Å². The van der Waals surface area contributed by atoms with Crippen LogP contribution in [0.4, 0.5) is 0 Å². The first kappa shape index (κ1) is 14.9. The van der Waals surface area contributed by atoms with Gasteiger partial charge in [-0.2, -0.15) is 0 Å². The van der Waals surface area contributed by atoms with Gasteiger partial charge in [-0.25, -0.2) is 0 Å². The van der Waals surface area contributed by atoms with Crippen LogP contribution in [0.3, 0.4) is 0 Å². The minimum Gasteiger partial charge on any atom is -0.493 e. The van der Waals surface area contributed by atoms with Crippen LogP contribution in [-0.2, 0) is 4.79 Å². The first-order valence-electron chi connectivity index (χ1n) is 7.44. The second kappa shape index (κ2) is 6.29. The molecule has 2 rings (SSSR count). The Morgan fingerprint density at radius 2 is 1.80 bits per heavy atom. The molecular formula is C17H25NO2.